The van der Waals surface area contributed by atoms with E-state index in [2.05, 4.69) is 10.0 Å². The summed E-state index contributed by atoms with van der Waals surface area (Å²) in [6.07, 6.45) is -4.77. The van der Waals surface area contributed by atoms with Gasteiger partial charge in [-0.1, -0.05) is 17.7 Å². The van der Waals surface area contributed by atoms with Crippen molar-refractivity contribution in [3.05, 3.63) is 29.8 Å². The maximum Gasteiger partial charge on any atom is 0.303 e. The molecule has 2 rings (SSSR count). The zero-order valence-corrected chi connectivity index (χ0v) is 23.9. The average molecular weight is 589 g/mol. The molecule has 14 nitrogen and oxygen atoms in total. The number of carbonyl (C=O) groups excluding carboxylic acids is 4. The van der Waals surface area contributed by atoms with E-state index in [0.29, 0.717) is 0 Å². The molecule has 15 heteroatoms. The van der Waals surface area contributed by atoms with Crippen molar-refractivity contribution in [1.82, 2.24) is 10.0 Å². The Morgan fingerprint density at radius 3 is 2.08 bits per heavy atom. The zero-order valence-electron chi connectivity index (χ0n) is 23.0. The van der Waals surface area contributed by atoms with E-state index in [0.717, 1.165) is 19.4 Å². The van der Waals surface area contributed by atoms with Crippen molar-refractivity contribution >= 4 is 33.8 Å². The lowest BCUT2D eigenvalue weighted by atomic mass is 9.96. The number of aryl methyl sites for hydroxylation is 1. The second-order valence-corrected chi connectivity index (χ2v) is 10.7. The first-order chi connectivity index (χ1) is 18.8. The second-order valence-electron chi connectivity index (χ2n) is 8.91. The summed E-state index contributed by atoms with van der Waals surface area (Å²) >= 11 is 0. The molecule has 0 spiro atoms. The number of ether oxygens (including phenoxy) is 6. The summed E-state index contributed by atoms with van der Waals surface area (Å²) in [6, 6.07) is 5.31. The predicted molar refractivity (Wildman–Crippen MR) is 137 cm³/mol. The Bertz CT molecular complexity index is 1130. The van der Waals surface area contributed by atoms with Crippen molar-refractivity contribution in [2.45, 2.75) is 70.2 Å². The highest BCUT2D eigenvalue weighted by molar-refractivity contribution is 7.89. The Labute approximate surface area is 233 Å². The Kier molecular flexibility index (Phi) is 12.9. The Balaban J connectivity index is 2.01. The zero-order chi connectivity index (χ0) is 29.9. The number of nitrogens with one attached hydrogen (secondary N) is 2. The third-order valence-corrected chi connectivity index (χ3v) is 6.93. The summed E-state index contributed by atoms with van der Waals surface area (Å²) in [7, 11) is -3.69. The molecule has 0 aromatic heterocycles. The van der Waals surface area contributed by atoms with Crippen molar-refractivity contribution < 1.29 is 56.0 Å². The van der Waals surface area contributed by atoms with Gasteiger partial charge in [-0.05, 0) is 19.1 Å². The molecule has 224 valence electrons. The van der Waals surface area contributed by atoms with Gasteiger partial charge in [0.2, 0.25) is 15.9 Å². The molecule has 0 radical (unpaired) electrons. The van der Waals surface area contributed by atoms with Crippen LogP contribution in [0, 0.1) is 6.92 Å². The molecule has 0 unspecified atom stereocenters. The lowest BCUT2D eigenvalue weighted by Crippen LogP contribution is -2.66. The fraction of sp³-hybridized carbons (Fsp3) is 0.600. The van der Waals surface area contributed by atoms with Gasteiger partial charge in [-0.2, -0.15) is 0 Å². The van der Waals surface area contributed by atoms with Crippen molar-refractivity contribution in [2.75, 3.05) is 33.0 Å². The largest absolute Gasteiger partial charge is 0.463 e. The Hall–Kier alpha value is -3.11. The van der Waals surface area contributed by atoms with Crippen molar-refractivity contribution in [1.29, 1.82) is 0 Å². The number of esters is 3. The molecule has 40 heavy (non-hydrogen) atoms. The number of amides is 1. The lowest BCUT2D eigenvalue weighted by molar-refractivity contribution is -0.279. The number of hydrogen-bond donors (Lipinski definition) is 2. The van der Waals surface area contributed by atoms with Gasteiger partial charge in [0.05, 0.1) is 24.7 Å². The first-order valence-electron chi connectivity index (χ1n) is 12.5. The third kappa shape index (κ3) is 10.8. The van der Waals surface area contributed by atoms with E-state index in [1.165, 1.54) is 26.0 Å². The third-order valence-electron chi connectivity index (χ3n) is 5.45. The monoisotopic (exact) mass is 588 g/mol. The van der Waals surface area contributed by atoms with Gasteiger partial charge < -0.3 is 33.7 Å². The van der Waals surface area contributed by atoms with Gasteiger partial charge in [0.25, 0.3) is 0 Å². The topological polar surface area (TPSA) is 182 Å². The van der Waals surface area contributed by atoms with Crippen molar-refractivity contribution in [2.24, 2.45) is 0 Å². The van der Waals surface area contributed by atoms with Crippen LogP contribution in [0.5, 0.6) is 0 Å². The summed E-state index contributed by atoms with van der Waals surface area (Å²) < 4.78 is 60.0. The van der Waals surface area contributed by atoms with Gasteiger partial charge in [0, 0.05) is 34.2 Å². The molecular weight excluding hydrogens is 552 g/mol. The van der Waals surface area contributed by atoms with E-state index in [9.17, 15) is 27.6 Å². The molecule has 0 saturated carbocycles. The molecular formula is C25H36N2O12S. The number of rotatable bonds is 14. The molecule has 0 aliphatic carbocycles. The van der Waals surface area contributed by atoms with Crippen LogP contribution in [-0.4, -0.2) is 95.8 Å². The number of sulfonamides is 1. The van der Waals surface area contributed by atoms with Crippen molar-refractivity contribution in [3.63, 3.8) is 0 Å². The maximum atomic E-state index is 12.3. The predicted octanol–water partition coefficient (Wildman–Crippen LogP) is -0.0374. The number of hydrogen-bond acceptors (Lipinski definition) is 12. The minimum Gasteiger partial charge on any atom is -0.463 e. The quantitative estimate of drug-likeness (QED) is 0.168. The summed E-state index contributed by atoms with van der Waals surface area (Å²) in [4.78, 5) is 47.1. The molecule has 1 aromatic carbocycles. The normalized spacial score (nSPS) is 22.7. The van der Waals surface area contributed by atoms with E-state index in [1.54, 1.807) is 12.1 Å². The van der Waals surface area contributed by atoms with Crippen LogP contribution in [0.2, 0.25) is 0 Å². The first-order valence-corrected chi connectivity index (χ1v) is 13.9. The van der Waals surface area contributed by atoms with Gasteiger partial charge in [-0.15, -0.1) is 0 Å². The van der Waals surface area contributed by atoms with E-state index in [4.69, 9.17) is 28.4 Å². The highest BCUT2D eigenvalue weighted by Gasteiger charge is 2.51. The highest BCUT2D eigenvalue weighted by Crippen LogP contribution is 2.28. The SMILES string of the molecule is CC(=O)N[C@H]1[C@H](OCCOCCNS(=O)(=O)c2ccc(C)cc2)O[C@H](COC(C)=O)[C@H](OC(C)=O)[C@@H]1OC(C)=O. The van der Waals surface area contributed by atoms with Crippen LogP contribution < -0.4 is 10.0 Å². The summed E-state index contributed by atoms with van der Waals surface area (Å²) in [6.45, 7) is 6.18. The molecule has 1 saturated heterocycles. The van der Waals surface area contributed by atoms with Crippen LogP contribution in [0.1, 0.15) is 33.3 Å². The molecule has 0 bridgehead atoms. The molecule has 1 amide bonds. The van der Waals surface area contributed by atoms with Crippen LogP contribution in [-0.2, 0) is 57.6 Å². The average Bonchev–Trinajstić information content (AvgIpc) is 2.85. The molecule has 1 fully saturated rings. The summed E-state index contributed by atoms with van der Waals surface area (Å²) in [5.41, 5.74) is 0.934. The molecule has 5 atom stereocenters. The van der Waals surface area contributed by atoms with E-state index >= 15 is 0 Å². The van der Waals surface area contributed by atoms with Gasteiger partial charge in [0.15, 0.2) is 18.5 Å². The minimum atomic E-state index is -3.69. The lowest BCUT2D eigenvalue weighted by Gasteiger charge is -2.44. The molecule has 2 N–H and O–H groups in total. The molecule has 1 heterocycles. The Morgan fingerprint density at radius 2 is 1.50 bits per heavy atom. The smallest absolute Gasteiger partial charge is 0.303 e. The summed E-state index contributed by atoms with van der Waals surface area (Å²) in [5.74, 6) is -2.56. The highest BCUT2D eigenvalue weighted by atomic mass is 32.2. The number of carbonyl (C=O) groups is 4. The minimum absolute atomic E-state index is 0.00764. The van der Waals surface area contributed by atoms with Crippen LogP contribution in [0.3, 0.4) is 0 Å². The van der Waals surface area contributed by atoms with Crippen LogP contribution >= 0.6 is 0 Å². The van der Waals surface area contributed by atoms with Crippen LogP contribution in [0.4, 0.5) is 0 Å². The van der Waals surface area contributed by atoms with Crippen molar-refractivity contribution in [3.8, 4) is 0 Å². The molecule has 1 aliphatic heterocycles. The van der Waals surface area contributed by atoms with Gasteiger partial charge in [0.1, 0.15) is 18.8 Å². The molecule has 1 aromatic rings. The first kappa shape index (κ1) is 33.1. The summed E-state index contributed by atoms with van der Waals surface area (Å²) in [5, 5.41) is 2.59. The van der Waals surface area contributed by atoms with E-state index in [-0.39, 0.29) is 37.9 Å². The van der Waals surface area contributed by atoms with E-state index < -0.39 is 64.5 Å². The maximum absolute atomic E-state index is 12.3. The van der Waals surface area contributed by atoms with Gasteiger partial charge in [-0.25, -0.2) is 13.1 Å². The van der Waals surface area contributed by atoms with Gasteiger partial charge in [-0.3, -0.25) is 19.2 Å². The van der Waals surface area contributed by atoms with Crippen LogP contribution in [0.15, 0.2) is 29.2 Å². The fourth-order valence-electron chi connectivity index (χ4n) is 3.81. The standard InChI is InChI=1S/C25H36N2O12S/c1-15-6-8-20(9-7-15)40(32,33)26-10-11-34-12-13-35-25-22(27-16(2)28)24(38-19(5)31)23(37-18(4)30)21(39-25)14-36-17(3)29/h6-9,21-26H,10-14H2,1-5H3,(H,27,28)/t21-,22-,23+,24-,25-/m1/s1. The Morgan fingerprint density at radius 1 is 0.875 bits per heavy atom. The number of benzene rings is 1. The molecule has 1 aliphatic rings. The van der Waals surface area contributed by atoms with E-state index in [1.807, 2.05) is 6.92 Å². The fourth-order valence-corrected chi connectivity index (χ4v) is 4.82. The van der Waals surface area contributed by atoms with Gasteiger partial charge >= 0.3 is 17.9 Å². The van der Waals surface area contributed by atoms with Crippen LogP contribution in [0.25, 0.3) is 0 Å². The second kappa shape index (κ2) is 15.6.